The highest BCUT2D eigenvalue weighted by Crippen LogP contribution is 2.15. The van der Waals surface area contributed by atoms with Crippen molar-refractivity contribution >= 4 is 21.8 Å². The van der Waals surface area contributed by atoms with E-state index in [9.17, 15) is 4.79 Å². The van der Waals surface area contributed by atoms with Crippen molar-refractivity contribution in [2.45, 2.75) is 13.3 Å². The molecule has 1 aromatic rings. The number of amides is 1. The molecule has 0 unspecified atom stereocenters. The Balaban J connectivity index is 2.21. The van der Waals surface area contributed by atoms with Crippen LogP contribution >= 0.6 is 15.9 Å². The van der Waals surface area contributed by atoms with Crippen LogP contribution in [0.25, 0.3) is 0 Å². The number of allylic oxidation sites excluding steroid dienone is 1. The fourth-order valence-electron chi connectivity index (χ4n) is 1.19. The molecule has 0 spiro atoms. The van der Waals surface area contributed by atoms with Crippen LogP contribution in [0.2, 0.25) is 0 Å². The van der Waals surface area contributed by atoms with Crippen LogP contribution in [-0.2, 0) is 4.79 Å². The number of hydrogen-bond donors (Lipinski definition) is 1. The van der Waals surface area contributed by atoms with Crippen LogP contribution < -0.4 is 10.1 Å². The molecule has 0 aliphatic carbocycles. The van der Waals surface area contributed by atoms with Crippen molar-refractivity contribution < 1.29 is 9.53 Å². The molecular formula is C13H16BrNO2. The molecule has 17 heavy (non-hydrogen) atoms. The highest BCUT2D eigenvalue weighted by atomic mass is 79.9. The van der Waals surface area contributed by atoms with E-state index >= 15 is 0 Å². The molecule has 1 rings (SSSR count). The third-order valence-electron chi connectivity index (χ3n) is 2.05. The zero-order valence-corrected chi connectivity index (χ0v) is 11.4. The summed E-state index contributed by atoms with van der Waals surface area (Å²) < 4.78 is 6.32. The molecule has 0 saturated carbocycles. The van der Waals surface area contributed by atoms with Gasteiger partial charge in [-0.2, -0.15) is 0 Å². The van der Waals surface area contributed by atoms with E-state index in [4.69, 9.17) is 4.74 Å². The molecule has 4 heteroatoms. The molecule has 0 aliphatic rings. The summed E-state index contributed by atoms with van der Waals surface area (Å²) in [6.45, 7) is 2.66. The molecule has 3 nitrogen and oxygen atoms in total. The molecule has 0 fully saturated rings. The van der Waals surface area contributed by atoms with Crippen molar-refractivity contribution in [2.24, 2.45) is 0 Å². The Morgan fingerprint density at radius 3 is 2.76 bits per heavy atom. The van der Waals surface area contributed by atoms with E-state index in [-0.39, 0.29) is 12.5 Å². The minimum Gasteiger partial charge on any atom is -0.484 e. The van der Waals surface area contributed by atoms with Gasteiger partial charge in [0.2, 0.25) is 0 Å². The summed E-state index contributed by atoms with van der Waals surface area (Å²) in [7, 11) is 0. The molecule has 0 bridgehead atoms. The second-order valence-corrected chi connectivity index (χ2v) is 4.37. The van der Waals surface area contributed by atoms with E-state index in [1.54, 1.807) is 0 Å². The van der Waals surface area contributed by atoms with Crippen LogP contribution in [0.15, 0.2) is 40.9 Å². The van der Waals surface area contributed by atoms with Gasteiger partial charge in [-0.15, -0.1) is 0 Å². The Morgan fingerprint density at radius 2 is 2.12 bits per heavy atom. The Labute approximate surface area is 110 Å². The van der Waals surface area contributed by atoms with Gasteiger partial charge in [-0.05, 0) is 37.6 Å². The van der Waals surface area contributed by atoms with Gasteiger partial charge in [0, 0.05) is 11.0 Å². The highest BCUT2D eigenvalue weighted by molar-refractivity contribution is 9.10. The van der Waals surface area contributed by atoms with Crippen LogP contribution in [0.4, 0.5) is 0 Å². The standard InChI is InChI=1S/C13H16BrNO2/c1-2-3-4-9-15-13(16)10-17-12-7-5-11(14)6-8-12/h2-3,5-8H,4,9-10H2,1H3,(H,15,16)/b3-2+. The van der Waals surface area contributed by atoms with Crippen LogP contribution in [0.1, 0.15) is 13.3 Å². The van der Waals surface area contributed by atoms with E-state index < -0.39 is 0 Å². The summed E-state index contributed by atoms with van der Waals surface area (Å²) in [6.07, 6.45) is 4.82. The highest BCUT2D eigenvalue weighted by Gasteiger charge is 2.01. The van der Waals surface area contributed by atoms with Gasteiger partial charge in [0.15, 0.2) is 6.61 Å². The predicted octanol–water partition coefficient (Wildman–Crippen LogP) is 2.91. The Bertz CT molecular complexity index is 374. The monoisotopic (exact) mass is 297 g/mol. The Kier molecular flexibility index (Phi) is 6.40. The first-order valence-electron chi connectivity index (χ1n) is 5.48. The lowest BCUT2D eigenvalue weighted by molar-refractivity contribution is -0.123. The third kappa shape index (κ3) is 6.12. The summed E-state index contributed by atoms with van der Waals surface area (Å²) in [5, 5.41) is 2.77. The van der Waals surface area contributed by atoms with Gasteiger partial charge in [-0.3, -0.25) is 4.79 Å². The molecular weight excluding hydrogens is 282 g/mol. The quantitative estimate of drug-likeness (QED) is 0.648. The first-order chi connectivity index (χ1) is 8.22. The van der Waals surface area contributed by atoms with Gasteiger partial charge in [-0.25, -0.2) is 0 Å². The van der Waals surface area contributed by atoms with Crippen molar-refractivity contribution in [2.75, 3.05) is 13.2 Å². The SMILES string of the molecule is C/C=C/CCNC(=O)COc1ccc(Br)cc1. The average Bonchev–Trinajstić information content (AvgIpc) is 2.34. The summed E-state index contributed by atoms with van der Waals surface area (Å²) >= 11 is 3.33. The molecule has 0 heterocycles. The van der Waals surface area contributed by atoms with E-state index in [1.807, 2.05) is 43.3 Å². The fraction of sp³-hybridized carbons (Fsp3) is 0.308. The molecule has 0 aliphatic heterocycles. The summed E-state index contributed by atoms with van der Waals surface area (Å²) in [5.41, 5.74) is 0. The molecule has 0 aromatic heterocycles. The summed E-state index contributed by atoms with van der Waals surface area (Å²) in [5.74, 6) is 0.592. The summed E-state index contributed by atoms with van der Waals surface area (Å²) in [6, 6.07) is 7.38. The fourth-order valence-corrected chi connectivity index (χ4v) is 1.46. The van der Waals surface area contributed by atoms with Gasteiger partial charge in [-0.1, -0.05) is 28.1 Å². The van der Waals surface area contributed by atoms with Crippen molar-refractivity contribution in [3.63, 3.8) is 0 Å². The summed E-state index contributed by atoms with van der Waals surface area (Å²) in [4.78, 5) is 11.4. The minimum absolute atomic E-state index is 0.0530. The van der Waals surface area contributed by atoms with Gasteiger partial charge in [0.25, 0.3) is 5.91 Å². The smallest absolute Gasteiger partial charge is 0.257 e. The van der Waals surface area contributed by atoms with E-state index in [0.29, 0.717) is 12.3 Å². The Hall–Kier alpha value is -1.29. The number of hydrogen-bond acceptors (Lipinski definition) is 2. The van der Waals surface area contributed by atoms with Gasteiger partial charge in [0.05, 0.1) is 0 Å². The van der Waals surface area contributed by atoms with Crippen molar-refractivity contribution in [3.05, 3.63) is 40.9 Å². The van der Waals surface area contributed by atoms with E-state index in [2.05, 4.69) is 21.2 Å². The van der Waals surface area contributed by atoms with Gasteiger partial charge < -0.3 is 10.1 Å². The van der Waals surface area contributed by atoms with Crippen molar-refractivity contribution in [1.29, 1.82) is 0 Å². The molecule has 1 aromatic carbocycles. The number of ether oxygens (including phenoxy) is 1. The topological polar surface area (TPSA) is 38.3 Å². The number of carbonyl (C=O) groups excluding carboxylic acids is 1. The van der Waals surface area contributed by atoms with Crippen LogP contribution in [0.3, 0.4) is 0 Å². The lowest BCUT2D eigenvalue weighted by atomic mass is 10.3. The zero-order chi connectivity index (χ0) is 12.5. The normalized spacial score (nSPS) is 10.5. The average molecular weight is 298 g/mol. The Morgan fingerprint density at radius 1 is 1.41 bits per heavy atom. The second kappa shape index (κ2) is 7.90. The third-order valence-corrected chi connectivity index (χ3v) is 2.58. The molecule has 1 N–H and O–H groups in total. The second-order valence-electron chi connectivity index (χ2n) is 3.45. The van der Waals surface area contributed by atoms with Crippen molar-refractivity contribution in [3.8, 4) is 5.75 Å². The maximum atomic E-state index is 11.4. The molecule has 0 radical (unpaired) electrons. The van der Waals surface area contributed by atoms with Gasteiger partial charge in [0.1, 0.15) is 5.75 Å². The maximum absolute atomic E-state index is 11.4. The number of halogens is 1. The number of benzene rings is 1. The van der Waals surface area contributed by atoms with E-state index in [0.717, 1.165) is 10.9 Å². The van der Waals surface area contributed by atoms with Crippen molar-refractivity contribution in [1.82, 2.24) is 5.32 Å². The first-order valence-corrected chi connectivity index (χ1v) is 6.28. The number of nitrogens with one attached hydrogen (secondary N) is 1. The molecule has 0 saturated heterocycles. The molecule has 0 atom stereocenters. The lowest BCUT2D eigenvalue weighted by Gasteiger charge is -2.06. The minimum atomic E-state index is -0.0996. The molecule has 92 valence electrons. The van der Waals surface area contributed by atoms with Crippen LogP contribution in [0, 0.1) is 0 Å². The first kappa shape index (κ1) is 13.8. The number of rotatable bonds is 6. The predicted molar refractivity (Wildman–Crippen MR) is 72.1 cm³/mol. The maximum Gasteiger partial charge on any atom is 0.257 e. The van der Waals surface area contributed by atoms with Crippen LogP contribution in [-0.4, -0.2) is 19.1 Å². The molecule has 1 amide bonds. The lowest BCUT2D eigenvalue weighted by Crippen LogP contribution is -2.29. The number of carbonyl (C=O) groups is 1. The van der Waals surface area contributed by atoms with Crippen LogP contribution in [0.5, 0.6) is 5.75 Å². The van der Waals surface area contributed by atoms with E-state index in [1.165, 1.54) is 0 Å². The largest absolute Gasteiger partial charge is 0.484 e. The zero-order valence-electron chi connectivity index (χ0n) is 9.78. The van der Waals surface area contributed by atoms with Gasteiger partial charge >= 0.3 is 0 Å².